The molecule has 1 fully saturated rings. The molecule has 4 rings (SSSR count). The van der Waals surface area contributed by atoms with Gasteiger partial charge in [-0.15, -0.1) is 0 Å². The highest BCUT2D eigenvalue weighted by Crippen LogP contribution is 2.33. The largest absolute Gasteiger partial charge is 0.465 e. The predicted molar refractivity (Wildman–Crippen MR) is 112 cm³/mol. The van der Waals surface area contributed by atoms with Gasteiger partial charge in [-0.3, -0.25) is 9.91 Å². The fourth-order valence-electron chi connectivity index (χ4n) is 3.70. The molecule has 30 heavy (non-hydrogen) atoms. The van der Waals surface area contributed by atoms with E-state index in [1.807, 2.05) is 18.2 Å². The Labute approximate surface area is 180 Å². The van der Waals surface area contributed by atoms with Crippen molar-refractivity contribution < 1.29 is 19.0 Å². The van der Waals surface area contributed by atoms with Crippen LogP contribution in [0.2, 0.25) is 0 Å². The summed E-state index contributed by atoms with van der Waals surface area (Å²) in [5.41, 5.74) is 7.40. The fourth-order valence-corrected chi connectivity index (χ4v) is 3.96. The lowest BCUT2D eigenvalue weighted by Gasteiger charge is -2.45. The van der Waals surface area contributed by atoms with Crippen molar-refractivity contribution in [1.29, 1.82) is 0 Å². The summed E-state index contributed by atoms with van der Waals surface area (Å²) in [6.07, 6.45) is 3.19. The van der Waals surface area contributed by atoms with Gasteiger partial charge in [-0.1, -0.05) is 29.8 Å². The Kier molecular flexibility index (Phi) is 6.40. The Morgan fingerprint density at radius 1 is 1.27 bits per heavy atom. The van der Waals surface area contributed by atoms with Crippen LogP contribution < -0.4 is 10.7 Å². The van der Waals surface area contributed by atoms with Gasteiger partial charge >= 0.3 is 5.97 Å². The van der Waals surface area contributed by atoms with Gasteiger partial charge in [-0.25, -0.2) is 4.79 Å². The molecule has 2 N–H and O–H groups in total. The Morgan fingerprint density at radius 2 is 2.07 bits per heavy atom. The molecule has 1 aromatic rings. The number of fused-ring (bicyclic) bond motifs is 1. The molecule has 1 saturated heterocycles. The molecule has 3 heterocycles. The number of morpholine rings is 1. The van der Waals surface area contributed by atoms with Gasteiger partial charge in [0.25, 0.3) is 0 Å². The third-order valence-corrected chi connectivity index (χ3v) is 5.45. The second-order valence-corrected chi connectivity index (χ2v) is 7.50. The van der Waals surface area contributed by atoms with Crippen LogP contribution in [0.15, 0.2) is 52.8 Å². The number of esters is 1. The summed E-state index contributed by atoms with van der Waals surface area (Å²) in [7, 11) is 3.03. The summed E-state index contributed by atoms with van der Waals surface area (Å²) in [4.78, 5) is 14.4. The molecule has 8 nitrogen and oxygen atoms in total. The zero-order chi connectivity index (χ0) is 21.1. The number of hydrazine groups is 1. The van der Waals surface area contributed by atoms with Gasteiger partial charge in [0, 0.05) is 25.8 Å². The monoisotopic (exact) mass is 432 g/mol. The number of rotatable bonds is 5. The lowest BCUT2D eigenvalue weighted by molar-refractivity contribution is -0.135. The summed E-state index contributed by atoms with van der Waals surface area (Å²) >= 11 is 6.57. The molecule has 1 aromatic carbocycles. The van der Waals surface area contributed by atoms with E-state index in [1.165, 1.54) is 7.11 Å². The Balaban J connectivity index is 1.78. The van der Waals surface area contributed by atoms with Crippen molar-refractivity contribution in [2.24, 2.45) is 0 Å². The maximum atomic E-state index is 12.2. The molecule has 0 aromatic heterocycles. The zero-order valence-electron chi connectivity index (χ0n) is 17.0. The van der Waals surface area contributed by atoms with Crippen molar-refractivity contribution in [3.05, 3.63) is 64.0 Å². The molecule has 0 amide bonds. The van der Waals surface area contributed by atoms with E-state index in [9.17, 15) is 4.79 Å². The number of nitrogens with one attached hydrogen (secondary N) is 2. The number of carbonyl (C=O) groups is 1. The highest BCUT2D eigenvalue weighted by atomic mass is 35.5. The summed E-state index contributed by atoms with van der Waals surface area (Å²) in [5, 5.41) is 5.76. The standard InChI is InChI=1S/C21H25ClN4O4/c1-28-13-14-4-3-5-15(10-14)19-17-11-16(20(27)29-2)12-18(22)26(17)24-21(23-19)25-6-8-30-9-7-25/h3-5,10-12,21,23-24H,6-9,13H2,1-2H3. The summed E-state index contributed by atoms with van der Waals surface area (Å²) in [6.45, 7) is 3.43. The van der Waals surface area contributed by atoms with Gasteiger partial charge in [-0.05, 0) is 23.8 Å². The predicted octanol–water partition coefficient (Wildman–Crippen LogP) is 1.72. The molecule has 3 aliphatic heterocycles. The van der Waals surface area contributed by atoms with E-state index in [0.717, 1.165) is 35.6 Å². The number of ether oxygens (including phenoxy) is 3. The average molecular weight is 433 g/mol. The number of halogens is 1. The Bertz CT molecular complexity index is 908. The van der Waals surface area contributed by atoms with Gasteiger partial charge in [0.1, 0.15) is 5.16 Å². The fraction of sp³-hybridized carbons (Fsp3) is 0.381. The van der Waals surface area contributed by atoms with E-state index in [1.54, 1.807) is 24.3 Å². The average Bonchev–Trinajstić information content (AvgIpc) is 2.79. The van der Waals surface area contributed by atoms with E-state index in [0.29, 0.717) is 30.5 Å². The molecule has 1 atom stereocenters. The van der Waals surface area contributed by atoms with E-state index in [4.69, 9.17) is 25.8 Å². The van der Waals surface area contributed by atoms with Crippen LogP contribution in [0, 0.1) is 0 Å². The molecule has 3 aliphatic rings. The smallest absolute Gasteiger partial charge is 0.338 e. The highest BCUT2D eigenvalue weighted by Gasteiger charge is 2.34. The molecule has 1 unspecified atom stereocenters. The first kappa shape index (κ1) is 20.9. The minimum absolute atomic E-state index is 0.186. The quantitative estimate of drug-likeness (QED) is 0.538. The lowest BCUT2D eigenvalue weighted by Crippen LogP contribution is -2.64. The van der Waals surface area contributed by atoms with E-state index in [-0.39, 0.29) is 6.29 Å². The second kappa shape index (κ2) is 9.20. The number of hydrogen-bond acceptors (Lipinski definition) is 8. The van der Waals surface area contributed by atoms with Gasteiger partial charge < -0.3 is 19.5 Å². The Morgan fingerprint density at radius 3 is 2.80 bits per heavy atom. The normalized spacial score (nSPS) is 22.1. The number of carbonyl (C=O) groups excluding carboxylic acids is 1. The van der Waals surface area contributed by atoms with Crippen molar-refractivity contribution in [3.8, 4) is 0 Å². The first-order valence-electron chi connectivity index (χ1n) is 9.75. The van der Waals surface area contributed by atoms with Crippen LogP contribution in [-0.4, -0.2) is 62.7 Å². The number of benzene rings is 1. The maximum Gasteiger partial charge on any atom is 0.338 e. The van der Waals surface area contributed by atoms with E-state index >= 15 is 0 Å². The van der Waals surface area contributed by atoms with Gasteiger partial charge in [-0.2, -0.15) is 5.43 Å². The lowest BCUT2D eigenvalue weighted by atomic mass is 10.0. The van der Waals surface area contributed by atoms with Crippen LogP contribution in [0.25, 0.3) is 5.70 Å². The van der Waals surface area contributed by atoms with Crippen molar-refractivity contribution in [1.82, 2.24) is 20.7 Å². The number of hydrogen-bond donors (Lipinski definition) is 2. The van der Waals surface area contributed by atoms with Crippen LogP contribution >= 0.6 is 11.6 Å². The second-order valence-electron chi connectivity index (χ2n) is 7.11. The van der Waals surface area contributed by atoms with Gasteiger partial charge in [0.05, 0.1) is 43.9 Å². The molecule has 0 saturated carbocycles. The third-order valence-electron chi connectivity index (χ3n) is 5.17. The van der Waals surface area contributed by atoms with Crippen LogP contribution in [0.4, 0.5) is 0 Å². The van der Waals surface area contributed by atoms with Gasteiger partial charge in [0.15, 0.2) is 6.29 Å². The summed E-state index contributed by atoms with van der Waals surface area (Å²) < 4.78 is 15.7. The van der Waals surface area contributed by atoms with Crippen LogP contribution in [0.1, 0.15) is 11.1 Å². The number of methoxy groups -OCH3 is 2. The zero-order valence-corrected chi connectivity index (χ0v) is 17.7. The molecular formula is C21H25ClN4O4. The molecule has 0 spiro atoms. The number of nitrogens with zero attached hydrogens (tertiary/aromatic N) is 2. The van der Waals surface area contributed by atoms with Crippen LogP contribution in [0.5, 0.6) is 0 Å². The summed E-state index contributed by atoms with van der Waals surface area (Å²) in [5.74, 6) is -0.442. The van der Waals surface area contributed by atoms with E-state index in [2.05, 4.69) is 21.7 Å². The molecule has 0 radical (unpaired) electrons. The first-order chi connectivity index (χ1) is 14.6. The topological polar surface area (TPSA) is 75.3 Å². The van der Waals surface area contributed by atoms with Crippen molar-refractivity contribution >= 4 is 23.3 Å². The molecule has 0 bridgehead atoms. The SMILES string of the molecule is COCc1cccc(C2=C3C=C(C(=O)OC)C=C(Cl)N3NC(N3CCOCC3)N2)c1. The number of allylic oxidation sites excluding steroid dienone is 1. The minimum Gasteiger partial charge on any atom is -0.465 e. The summed E-state index contributed by atoms with van der Waals surface area (Å²) in [6, 6.07) is 8.09. The Hall–Kier alpha value is -2.36. The van der Waals surface area contributed by atoms with Crippen molar-refractivity contribution in [2.75, 3.05) is 40.5 Å². The molecule has 160 valence electrons. The minimum atomic E-state index is -0.442. The van der Waals surface area contributed by atoms with Crippen molar-refractivity contribution in [3.63, 3.8) is 0 Å². The molecule has 0 aliphatic carbocycles. The molecular weight excluding hydrogens is 408 g/mol. The first-order valence-corrected chi connectivity index (χ1v) is 10.1. The van der Waals surface area contributed by atoms with Crippen LogP contribution in [-0.2, 0) is 25.6 Å². The van der Waals surface area contributed by atoms with Crippen LogP contribution in [0.3, 0.4) is 0 Å². The van der Waals surface area contributed by atoms with Crippen molar-refractivity contribution in [2.45, 2.75) is 12.9 Å². The molecule has 9 heteroatoms. The van der Waals surface area contributed by atoms with E-state index < -0.39 is 5.97 Å². The highest BCUT2D eigenvalue weighted by molar-refractivity contribution is 6.30. The maximum absolute atomic E-state index is 12.2. The third kappa shape index (κ3) is 4.23. The van der Waals surface area contributed by atoms with Gasteiger partial charge in [0.2, 0.25) is 0 Å².